The highest BCUT2D eigenvalue weighted by molar-refractivity contribution is 9.10. The molecule has 18 heavy (non-hydrogen) atoms. The van der Waals surface area contributed by atoms with E-state index in [1.165, 1.54) is 24.8 Å². The zero-order valence-electron chi connectivity index (χ0n) is 10.5. The van der Waals surface area contributed by atoms with Crippen LogP contribution in [-0.2, 0) is 0 Å². The van der Waals surface area contributed by atoms with Crippen molar-refractivity contribution in [2.45, 2.75) is 37.3 Å². The molecule has 1 aromatic rings. The number of hydrogen-bond acceptors (Lipinski definition) is 1. The highest BCUT2D eigenvalue weighted by atomic mass is 79.9. The summed E-state index contributed by atoms with van der Waals surface area (Å²) in [6.45, 7) is 0. The molecule has 0 bridgehead atoms. The van der Waals surface area contributed by atoms with E-state index in [-0.39, 0.29) is 0 Å². The lowest BCUT2D eigenvalue weighted by Gasteiger charge is -2.10. The first-order valence-corrected chi connectivity index (χ1v) is 7.31. The molecule has 2 fully saturated rings. The van der Waals surface area contributed by atoms with Gasteiger partial charge >= 0.3 is 0 Å². The van der Waals surface area contributed by atoms with Crippen LogP contribution in [0.1, 0.15) is 30.7 Å². The minimum Gasteiger partial charge on any atom is -0.354 e. The molecule has 3 nitrogen and oxygen atoms in total. The molecule has 96 valence electrons. The Morgan fingerprint density at radius 3 is 2.56 bits per heavy atom. The number of benzene rings is 1. The van der Waals surface area contributed by atoms with E-state index in [9.17, 15) is 0 Å². The van der Waals surface area contributed by atoms with Gasteiger partial charge in [0.1, 0.15) is 0 Å². The van der Waals surface area contributed by atoms with Gasteiger partial charge in [0.2, 0.25) is 0 Å². The molecule has 0 heterocycles. The topological polar surface area (TPSA) is 36.4 Å². The van der Waals surface area contributed by atoms with Gasteiger partial charge in [0.25, 0.3) is 0 Å². The zero-order valence-corrected chi connectivity index (χ0v) is 12.1. The van der Waals surface area contributed by atoms with E-state index in [1.54, 1.807) is 0 Å². The molecule has 0 aliphatic heterocycles. The highest BCUT2D eigenvalue weighted by Crippen LogP contribution is 2.41. The fourth-order valence-electron chi connectivity index (χ4n) is 2.20. The van der Waals surface area contributed by atoms with Crippen LogP contribution in [0.5, 0.6) is 0 Å². The molecule has 4 heteroatoms. The first-order chi connectivity index (χ1) is 8.76. The summed E-state index contributed by atoms with van der Waals surface area (Å²) in [7, 11) is 1.84. The molecule has 2 aliphatic rings. The monoisotopic (exact) mass is 307 g/mol. The molecule has 2 atom stereocenters. The summed E-state index contributed by atoms with van der Waals surface area (Å²) < 4.78 is 1.14. The number of halogens is 1. The van der Waals surface area contributed by atoms with Gasteiger partial charge in [0.15, 0.2) is 5.96 Å². The fraction of sp³-hybridized carbons (Fsp3) is 0.500. The summed E-state index contributed by atoms with van der Waals surface area (Å²) in [5, 5.41) is 6.93. The van der Waals surface area contributed by atoms with Gasteiger partial charge in [-0.05, 0) is 37.0 Å². The molecule has 2 N–H and O–H groups in total. The summed E-state index contributed by atoms with van der Waals surface area (Å²) >= 11 is 3.47. The van der Waals surface area contributed by atoms with Gasteiger partial charge in [0, 0.05) is 29.5 Å². The number of nitrogens with one attached hydrogen (secondary N) is 2. The Balaban J connectivity index is 1.55. The molecule has 3 rings (SSSR count). The number of nitrogens with zero attached hydrogens (tertiary/aromatic N) is 1. The molecule has 0 amide bonds. The van der Waals surface area contributed by atoms with E-state index >= 15 is 0 Å². The van der Waals surface area contributed by atoms with Gasteiger partial charge in [-0.15, -0.1) is 0 Å². The van der Waals surface area contributed by atoms with Crippen molar-refractivity contribution in [2.24, 2.45) is 4.99 Å². The zero-order chi connectivity index (χ0) is 12.5. The van der Waals surface area contributed by atoms with E-state index in [2.05, 4.69) is 55.8 Å². The third-order valence-corrected chi connectivity index (χ3v) is 4.08. The molecule has 2 saturated carbocycles. The maximum atomic E-state index is 4.28. The van der Waals surface area contributed by atoms with Crippen LogP contribution in [0.2, 0.25) is 0 Å². The molecule has 1 aromatic carbocycles. The molecule has 2 unspecified atom stereocenters. The lowest BCUT2D eigenvalue weighted by atomic mass is 10.1. The summed E-state index contributed by atoms with van der Waals surface area (Å²) in [5.41, 5.74) is 1.41. The Labute approximate surface area is 116 Å². The van der Waals surface area contributed by atoms with Crippen molar-refractivity contribution in [3.05, 3.63) is 34.3 Å². The van der Waals surface area contributed by atoms with Crippen molar-refractivity contribution in [1.82, 2.24) is 10.6 Å². The van der Waals surface area contributed by atoms with Gasteiger partial charge in [0.05, 0.1) is 0 Å². The van der Waals surface area contributed by atoms with Crippen molar-refractivity contribution in [1.29, 1.82) is 0 Å². The van der Waals surface area contributed by atoms with Crippen LogP contribution in [0.15, 0.2) is 33.7 Å². The van der Waals surface area contributed by atoms with Crippen LogP contribution in [-0.4, -0.2) is 25.1 Å². The number of hydrogen-bond donors (Lipinski definition) is 2. The molecular weight excluding hydrogens is 290 g/mol. The van der Waals surface area contributed by atoms with Crippen molar-refractivity contribution < 1.29 is 0 Å². The maximum absolute atomic E-state index is 4.28. The Morgan fingerprint density at radius 1 is 1.22 bits per heavy atom. The number of guanidine groups is 1. The van der Waals surface area contributed by atoms with Crippen LogP contribution in [0, 0.1) is 0 Å². The van der Waals surface area contributed by atoms with Gasteiger partial charge in [-0.1, -0.05) is 28.1 Å². The summed E-state index contributed by atoms with van der Waals surface area (Å²) in [6, 6.07) is 9.82. The second kappa shape index (κ2) is 4.92. The Kier molecular flexibility index (Phi) is 3.29. The van der Waals surface area contributed by atoms with E-state index in [1.807, 2.05) is 7.05 Å². The highest BCUT2D eigenvalue weighted by Gasteiger charge is 2.39. The molecule has 0 spiro atoms. The molecule has 0 saturated heterocycles. The van der Waals surface area contributed by atoms with Gasteiger partial charge < -0.3 is 10.6 Å². The molecular formula is C14H18BrN3. The summed E-state index contributed by atoms with van der Waals surface area (Å²) in [4.78, 5) is 4.28. The van der Waals surface area contributed by atoms with Crippen LogP contribution >= 0.6 is 15.9 Å². The standard InChI is InChI=1S/C14H18BrN3/c1-16-14(17-11-6-7-11)18-13-8-12(13)9-2-4-10(15)5-3-9/h2-5,11-13H,6-8H2,1H3,(H2,16,17,18). The normalized spacial score (nSPS) is 26.9. The van der Waals surface area contributed by atoms with Crippen molar-refractivity contribution in [3.63, 3.8) is 0 Å². The third kappa shape index (κ3) is 2.86. The third-order valence-electron chi connectivity index (χ3n) is 3.55. The predicted octanol–water partition coefficient (Wildman–Crippen LogP) is 2.63. The van der Waals surface area contributed by atoms with Gasteiger partial charge in [-0.2, -0.15) is 0 Å². The number of aliphatic imine (C=N–C) groups is 1. The first-order valence-electron chi connectivity index (χ1n) is 6.51. The van der Waals surface area contributed by atoms with Crippen molar-refractivity contribution >= 4 is 21.9 Å². The van der Waals surface area contributed by atoms with Crippen molar-refractivity contribution in [2.75, 3.05) is 7.05 Å². The summed E-state index contributed by atoms with van der Waals surface area (Å²) in [5.74, 6) is 1.60. The largest absolute Gasteiger partial charge is 0.354 e. The lowest BCUT2D eigenvalue weighted by molar-refractivity contribution is 0.787. The summed E-state index contributed by atoms with van der Waals surface area (Å²) in [6.07, 6.45) is 3.76. The van der Waals surface area contributed by atoms with E-state index in [0.717, 1.165) is 10.4 Å². The quantitative estimate of drug-likeness (QED) is 0.665. The van der Waals surface area contributed by atoms with E-state index in [0.29, 0.717) is 18.0 Å². The fourth-order valence-corrected chi connectivity index (χ4v) is 2.46. The average molecular weight is 308 g/mol. The molecule has 0 aromatic heterocycles. The maximum Gasteiger partial charge on any atom is 0.191 e. The Morgan fingerprint density at radius 2 is 1.94 bits per heavy atom. The SMILES string of the molecule is CN=C(NC1CC1)NC1CC1c1ccc(Br)cc1. The molecule has 0 radical (unpaired) electrons. The van der Waals surface area contributed by atoms with Crippen molar-refractivity contribution in [3.8, 4) is 0 Å². The second-order valence-corrected chi connectivity index (χ2v) is 6.05. The Hall–Kier alpha value is -1.03. The minimum atomic E-state index is 0.538. The van der Waals surface area contributed by atoms with E-state index in [4.69, 9.17) is 0 Å². The van der Waals surface area contributed by atoms with Gasteiger partial charge in [-0.3, -0.25) is 4.99 Å². The van der Waals surface area contributed by atoms with E-state index < -0.39 is 0 Å². The first kappa shape index (κ1) is 12.0. The second-order valence-electron chi connectivity index (χ2n) is 5.14. The van der Waals surface area contributed by atoms with Gasteiger partial charge in [-0.25, -0.2) is 0 Å². The molecule has 2 aliphatic carbocycles. The minimum absolute atomic E-state index is 0.538. The van der Waals surface area contributed by atoms with Crippen LogP contribution in [0.4, 0.5) is 0 Å². The van der Waals surface area contributed by atoms with Crippen LogP contribution < -0.4 is 10.6 Å². The average Bonchev–Trinajstić information content (AvgIpc) is 3.26. The van der Waals surface area contributed by atoms with Crippen LogP contribution in [0.25, 0.3) is 0 Å². The van der Waals surface area contributed by atoms with Crippen LogP contribution in [0.3, 0.4) is 0 Å². The number of rotatable bonds is 3. The smallest absolute Gasteiger partial charge is 0.191 e. The lowest BCUT2D eigenvalue weighted by Crippen LogP contribution is -2.40. The Bertz CT molecular complexity index is 451. The predicted molar refractivity (Wildman–Crippen MR) is 77.9 cm³/mol.